The number of fused-ring (bicyclic) bond motifs is 3. The molecule has 0 radical (unpaired) electrons. The lowest BCUT2D eigenvalue weighted by molar-refractivity contribution is 0.338. The maximum absolute atomic E-state index is 13.8. The van der Waals surface area contributed by atoms with Gasteiger partial charge < -0.3 is 4.74 Å². The van der Waals surface area contributed by atoms with Crippen molar-refractivity contribution < 1.29 is 9.13 Å². The maximum Gasteiger partial charge on any atom is 0.271 e. The standard InChI is InChI=1S/C29H22BrFN2O2S/c1-2-35-24-14-7-17(15-23(24)30)16-25-28(34)33-27(19-8-11-20(31)12-9-19)22-13-10-18-5-3-4-6-21(18)26(22)32-29(33)36-25/h3-9,11-12,14-16,27H,2,10,13H2,1H3/b25-16+/t27-/m0/s1. The van der Waals surface area contributed by atoms with Gasteiger partial charge in [-0.25, -0.2) is 9.38 Å². The molecule has 7 heteroatoms. The van der Waals surface area contributed by atoms with Gasteiger partial charge in [0.05, 0.1) is 27.4 Å². The van der Waals surface area contributed by atoms with Gasteiger partial charge in [-0.05, 0) is 88.3 Å². The molecular formula is C29H22BrFN2O2S. The zero-order valence-corrected chi connectivity index (χ0v) is 21.9. The lowest BCUT2D eigenvalue weighted by atomic mass is 9.83. The highest BCUT2D eigenvalue weighted by Crippen LogP contribution is 2.41. The SMILES string of the molecule is CCOc1ccc(/C=c2/sc3n(c2=O)[C@@H](c2ccc(F)cc2)C2=C(N=3)c3ccccc3CC2)cc1Br. The molecule has 0 N–H and O–H groups in total. The summed E-state index contributed by atoms with van der Waals surface area (Å²) in [6, 6.07) is 20.2. The van der Waals surface area contributed by atoms with Crippen LogP contribution in [0.3, 0.4) is 0 Å². The minimum atomic E-state index is -0.320. The van der Waals surface area contributed by atoms with E-state index in [1.807, 2.05) is 43.3 Å². The van der Waals surface area contributed by atoms with Crippen LogP contribution in [0.1, 0.15) is 41.6 Å². The van der Waals surface area contributed by atoms with E-state index in [-0.39, 0.29) is 17.4 Å². The summed E-state index contributed by atoms with van der Waals surface area (Å²) < 4.78 is 22.6. The van der Waals surface area contributed by atoms with Gasteiger partial charge in [0.15, 0.2) is 4.80 Å². The van der Waals surface area contributed by atoms with Crippen LogP contribution in [0.2, 0.25) is 0 Å². The highest BCUT2D eigenvalue weighted by molar-refractivity contribution is 9.10. The molecule has 0 saturated carbocycles. The predicted molar refractivity (Wildman–Crippen MR) is 144 cm³/mol. The summed E-state index contributed by atoms with van der Waals surface area (Å²) in [5.41, 5.74) is 6.09. The molecule has 180 valence electrons. The van der Waals surface area contributed by atoms with E-state index in [9.17, 15) is 9.18 Å². The summed E-state index contributed by atoms with van der Waals surface area (Å²) >= 11 is 4.94. The molecule has 0 spiro atoms. The van der Waals surface area contributed by atoms with Crippen LogP contribution in [0.4, 0.5) is 4.39 Å². The molecule has 4 aromatic rings. The number of allylic oxidation sites excluding steroid dienone is 1. The number of hydrogen-bond donors (Lipinski definition) is 0. The Kier molecular flexibility index (Phi) is 5.97. The molecule has 36 heavy (non-hydrogen) atoms. The fourth-order valence-corrected chi connectivity index (χ4v) is 6.51. The van der Waals surface area contributed by atoms with Crippen molar-refractivity contribution in [1.29, 1.82) is 0 Å². The molecule has 0 bridgehead atoms. The number of benzene rings is 3. The molecule has 2 heterocycles. The number of halogens is 2. The quantitative estimate of drug-likeness (QED) is 0.325. The Morgan fingerprint density at radius 3 is 2.72 bits per heavy atom. The van der Waals surface area contributed by atoms with E-state index < -0.39 is 0 Å². The highest BCUT2D eigenvalue weighted by atomic mass is 79.9. The van der Waals surface area contributed by atoms with Gasteiger partial charge in [0.1, 0.15) is 11.6 Å². The van der Waals surface area contributed by atoms with Crippen LogP contribution in [-0.2, 0) is 6.42 Å². The number of hydrogen-bond acceptors (Lipinski definition) is 4. The molecule has 6 rings (SSSR count). The third-order valence-electron chi connectivity index (χ3n) is 6.61. The highest BCUT2D eigenvalue weighted by Gasteiger charge is 2.32. The number of aromatic nitrogens is 1. The first-order valence-electron chi connectivity index (χ1n) is 11.8. The van der Waals surface area contributed by atoms with Crippen LogP contribution in [0.5, 0.6) is 5.75 Å². The summed E-state index contributed by atoms with van der Waals surface area (Å²) in [5.74, 6) is 0.467. The van der Waals surface area contributed by atoms with E-state index in [2.05, 4.69) is 28.1 Å². The van der Waals surface area contributed by atoms with Crippen LogP contribution in [0.15, 0.2) is 86.6 Å². The van der Waals surface area contributed by atoms with Gasteiger partial charge in [-0.2, -0.15) is 0 Å². The van der Waals surface area contributed by atoms with E-state index in [4.69, 9.17) is 9.73 Å². The smallest absolute Gasteiger partial charge is 0.271 e. The van der Waals surface area contributed by atoms with Crippen molar-refractivity contribution in [1.82, 2.24) is 4.57 Å². The lowest BCUT2D eigenvalue weighted by Crippen LogP contribution is -2.38. The number of thiazole rings is 1. The molecule has 2 aliphatic rings. The van der Waals surface area contributed by atoms with E-state index in [0.717, 1.165) is 51.0 Å². The van der Waals surface area contributed by atoms with Crippen molar-refractivity contribution >= 4 is 39.0 Å². The molecule has 0 saturated heterocycles. The minimum absolute atomic E-state index is 0.0940. The number of aryl methyl sites for hydroxylation is 1. The Hall–Kier alpha value is -3.29. The molecule has 0 amide bonds. The van der Waals surface area contributed by atoms with Crippen LogP contribution in [-0.4, -0.2) is 11.2 Å². The summed E-state index contributed by atoms with van der Waals surface area (Å²) in [5, 5.41) is 0. The summed E-state index contributed by atoms with van der Waals surface area (Å²) in [4.78, 5) is 19.5. The topological polar surface area (TPSA) is 43.6 Å². The number of ether oxygens (including phenoxy) is 1. The van der Waals surface area contributed by atoms with Gasteiger partial charge in [-0.1, -0.05) is 53.8 Å². The summed E-state index contributed by atoms with van der Waals surface area (Å²) in [7, 11) is 0. The fourth-order valence-electron chi connectivity index (χ4n) is 5.00. The second kappa shape index (κ2) is 9.30. The predicted octanol–water partition coefficient (Wildman–Crippen LogP) is 5.62. The Labute approximate surface area is 219 Å². The van der Waals surface area contributed by atoms with Crippen LogP contribution >= 0.6 is 27.3 Å². The molecule has 1 aliphatic carbocycles. The van der Waals surface area contributed by atoms with Crippen LogP contribution < -0.4 is 19.6 Å². The molecule has 0 fully saturated rings. The van der Waals surface area contributed by atoms with Crippen molar-refractivity contribution in [2.45, 2.75) is 25.8 Å². The molecule has 1 atom stereocenters. The molecule has 4 nitrogen and oxygen atoms in total. The van der Waals surface area contributed by atoms with Crippen molar-refractivity contribution in [3.8, 4) is 5.75 Å². The van der Waals surface area contributed by atoms with Gasteiger partial charge in [0, 0.05) is 5.56 Å². The van der Waals surface area contributed by atoms with E-state index in [1.54, 1.807) is 16.7 Å². The van der Waals surface area contributed by atoms with Gasteiger partial charge >= 0.3 is 0 Å². The first-order valence-corrected chi connectivity index (χ1v) is 13.5. The zero-order valence-electron chi connectivity index (χ0n) is 19.5. The number of rotatable bonds is 4. The van der Waals surface area contributed by atoms with Gasteiger partial charge in [0.25, 0.3) is 5.56 Å². The first kappa shape index (κ1) is 23.1. The molecule has 3 aromatic carbocycles. The Bertz CT molecular complexity index is 1700. The molecule has 1 aliphatic heterocycles. The third kappa shape index (κ3) is 3.96. The van der Waals surface area contributed by atoms with Gasteiger partial charge in [0.2, 0.25) is 0 Å². The van der Waals surface area contributed by atoms with E-state index in [1.165, 1.54) is 29.0 Å². The number of nitrogens with zero attached hydrogens (tertiary/aromatic N) is 2. The Balaban J connectivity index is 1.56. The normalized spacial score (nSPS) is 16.8. The van der Waals surface area contributed by atoms with E-state index >= 15 is 0 Å². The Morgan fingerprint density at radius 2 is 1.94 bits per heavy atom. The lowest BCUT2D eigenvalue weighted by Gasteiger charge is -2.30. The minimum Gasteiger partial charge on any atom is -0.493 e. The largest absolute Gasteiger partial charge is 0.493 e. The van der Waals surface area contributed by atoms with Crippen LogP contribution in [0.25, 0.3) is 11.8 Å². The van der Waals surface area contributed by atoms with Crippen molar-refractivity contribution in [2.24, 2.45) is 4.99 Å². The van der Waals surface area contributed by atoms with Crippen molar-refractivity contribution in [3.63, 3.8) is 0 Å². The van der Waals surface area contributed by atoms with Gasteiger partial charge in [-0.15, -0.1) is 0 Å². The van der Waals surface area contributed by atoms with Crippen LogP contribution in [0, 0.1) is 5.82 Å². The van der Waals surface area contributed by atoms with Crippen molar-refractivity contribution in [3.05, 3.63) is 125 Å². The fraction of sp³-hybridized carbons (Fsp3) is 0.172. The summed E-state index contributed by atoms with van der Waals surface area (Å²) in [6.07, 6.45) is 3.57. The molecule has 1 aromatic heterocycles. The maximum atomic E-state index is 13.8. The monoisotopic (exact) mass is 560 g/mol. The Morgan fingerprint density at radius 1 is 1.14 bits per heavy atom. The second-order valence-corrected chi connectivity index (χ2v) is 10.7. The summed E-state index contributed by atoms with van der Waals surface area (Å²) in [6.45, 7) is 2.52. The van der Waals surface area contributed by atoms with E-state index in [0.29, 0.717) is 15.9 Å². The third-order valence-corrected chi connectivity index (χ3v) is 8.21. The molecule has 0 unspecified atom stereocenters. The average molecular weight is 561 g/mol. The second-order valence-electron chi connectivity index (χ2n) is 8.79. The van der Waals surface area contributed by atoms with Crippen molar-refractivity contribution in [2.75, 3.05) is 6.61 Å². The first-order chi connectivity index (χ1) is 17.5. The average Bonchev–Trinajstić information content (AvgIpc) is 3.19. The zero-order chi connectivity index (χ0) is 24.8. The molecular weight excluding hydrogens is 539 g/mol. The van der Waals surface area contributed by atoms with Gasteiger partial charge in [-0.3, -0.25) is 9.36 Å².